The number of aliphatic hydroxyl groups is 1. The van der Waals surface area contributed by atoms with E-state index >= 15 is 0 Å². The molecular weight excluding hydrogens is 431 g/mol. The second-order valence-corrected chi connectivity index (χ2v) is 9.12. The lowest BCUT2D eigenvalue weighted by Crippen LogP contribution is -2.46. The number of carbonyl (C=O) groups excluding carboxylic acids is 1. The minimum atomic E-state index is -0.660. The molecule has 2 aliphatic rings. The Kier molecular flexibility index (Phi) is 5.78. The molecule has 5 rings (SSSR count). The van der Waals surface area contributed by atoms with Crippen molar-refractivity contribution in [1.29, 1.82) is 0 Å². The molecule has 2 amide bonds. The first-order valence-electron chi connectivity index (χ1n) is 11.4. The van der Waals surface area contributed by atoms with Crippen LogP contribution in [-0.2, 0) is 0 Å². The molecule has 3 N–H and O–H groups in total. The number of urea groups is 1. The van der Waals surface area contributed by atoms with Gasteiger partial charge in [0.25, 0.3) is 0 Å². The first kappa shape index (κ1) is 21.8. The van der Waals surface area contributed by atoms with Crippen molar-refractivity contribution in [1.82, 2.24) is 15.2 Å². The van der Waals surface area contributed by atoms with Crippen LogP contribution in [-0.4, -0.2) is 46.8 Å². The molecule has 8 heteroatoms. The van der Waals surface area contributed by atoms with E-state index in [0.717, 1.165) is 37.3 Å². The normalized spacial score (nSPS) is 22.5. The van der Waals surface area contributed by atoms with E-state index in [2.05, 4.69) is 10.3 Å². The molecule has 5 nitrogen and oxygen atoms in total. The minimum Gasteiger partial charge on any atom is -0.394 e. The van der Waals surface area contributed by atoms with Crippen molar-refractivity contribution in [2.24, 2.45) is 5.92 Å². The maximum Gasteiger partial charge on any atom is 0.317 e. The third-order valence-corrected chi connectivity index (χ3v) is 7.03. The average molecular weight is 457 g/mol. The van der Waals surface area contributed by atoms with E-state index in [4.69, 9.17) is 0 Å². The highest BCUT2D eigenvalue weighted by molar-refractivity contribution is 5.92. The van der Waals surface area contributed by atoms with Gasteiger partial charge in [-0.15, -0.1) is 0 Å². The monoisotopic (exact) mass is 457 g/mol. The van der Waals surface area contributed by atoms with Gasteiger partial charge in [0.2, 0.25) is 0 Å². The van der Waals surface area contributed by atoms with E-state index in [1.165, 1.54) is 18.2 Å². The van der Waals surface area contributed by atoms with E-state index in [-0.39, 0.29) is 41.8 Å². The van der Waals surface area contributed by atoms with Gasteiger partial charge in [-0.3, -0.25) is 0 Å². The van der Waals surface area contributed by atoms with E-state index in [1.807, 2.05) is 0 Å². The molecule has 1 saturated heterocycles. The third kappa shape index (κ3) is 4.08. The van der Waals surface area contributed by atoms with Crippen LogP contribution in [0.5, 0.6) is 0 Å². The fourth-order valence-corrected chi connectivity index (χ4v) is 5.27. The van der Waals surface area contributed by atoms with Crippen molar-refractivity contribution in [3.8, 4) is 11.3 Å². The zero-order chi connectivity index (χ0) is 23.1. The van der Waals surface area contributed by atoms with Crippen molar-refractivity contribution in [2.45, 2.75) is 37.6 Å². The van der Waals surface area contributed by atoms with Crippen LogP contribution < -0.4 is 5.32 Å². The van der Waals surface area contributed by atoms with E-state index in [0.29, 0.717) is 29.7 Å². The van der Waals surface area contributed by atoms with Crippen LogP contribution >= 0.6 is 0 Å². The predicted octanol–water partition coefficient (Wildman–Crippen LogP) is 4.91. The number of H-pyrrole nitrogens is 1. The molecular formula is C25H26F3N3O2. The zero-order valence-electron chi connectivity index (χ0n) is 18.1. The highest BCUT2D eigenvalue weighted by Crippen LogP contribution is 2.48. The van der Waals surface area contributed by atoms with Gasteiger partial charge in [0.15, 0.2) is 0 Å². The van der Waals surface area contributed by atoms with Crippen LogP contribution in [0, 0.1) is 23.4 Å². The maximum atomic E-state index is 14.5. The summed E-state index contributed by atoms with van der Waals surface area (Å²) in [7, 11) is 0. The number of hydrogen-bond acceptors (Lipinski definition) is 2. The van der Waals surface area contributed by atoms with E-state index < -0.39 is 11.6 Å². The Bertz CT molecular complexity index is 1170. The van der Waals surface area contributed by atoms with Crippen molar-refractivity contribution < 1.29 is 23.1 Å². The second kappa shape index (κ2) is 8.74. The van der Waals surface area contributed by atoms with Gasteiger partial charge < -0.3 is 20.3 Å². The minimum absolute atomic E-state index is 0.0290. The number of aromatic nitrogens is 1. The Hall–Kier alpha value is -3.00. The number of halogens is 3. The Morgan fingerprint density at radius 3 is 2.61 bits per heavy atom. The van der Waals surface area contributed by atoms with Crippen LogP contribution in [0.1, 0.15) is 37.2 Å². The van der Waals surface area contributed by atoms with Gasteiger partial charge in [-0.2, -0.15) is 0 Å². The lowest BCUT2D eigenvalue weighted by molar-refractivity contribution is 0.153. The lowest BCUT2D eigenvalue weighted by Gasteiger charge is -2.37. The van der Waals surface area contributed by atoms with Crippen molar-refractivity contribution in [3.05, 3.63) is 59.4 Å². The highest BCUT2D eigenvalue weighted by Gasteiger charge is 2.36. The molecule has 0 bridgehead atoms. The fraction of sp³-hybridized carbons (Fsp3) is 0.400. The largest absolute Gasteiger partial charge is 0.394 e. The Morgan fingerprint density at radius 2 is 1.88 bits per heavy atom. The number of nitrogens with zero attached hydrogens (tertiary/aromatic N) is 1. The molecule has 1 aliphatic carbocycles. The topological polar surface area (TPSA) is 68.4 Å². The fourth-order valence-electron chi connectivity index (χ4n) is 5.27. The summed E-state index contributed by atoms with van der Waals surface area (Å²) >= 11 is 0. The van der Waals surface area contributed by atoms with Gasteiger partial charge in [0.05, 0.1) is 23.9 Å². The summed E-state index contributed by atoms with van der Waals surface area (Å²) in [6, 6.07) is 7.87. The number of aliphatic hydroxyl groups excluding tert-OH is 1. The SMILES string of the molecule is O=C(NCC1CC(c2c(-c3ccc(F)cc3)[nH]c3c(F)cc(F)cc23)C1)N1CCC[C@@H]1CO. The predicted molar refractivity (Wildman–Crippen MR) is 119 cm³/mol. The van der Waals surface area contributed by atoms with Gasteiger partial charge in [-0.1, -0.05) is 0 Å². The summed E-state index contributed by atoms with van der Waals surface area (Å²) < 4.78 is 42.0. The number of aromatic amines is 1. The summed E-state index contributed by atoms with van der Waals surface area (Å²) in [4.78, 5) is 17.3. The van der Waals surface area contributed by atoms with Gasteiger partial charge in [-0.05, 0) is 79.0 Å². The van der Waals surface area contributed by atoms with E-state index in [9.17, 15) is 23.1 Å². The quantitative estimate of drug-likeness (QED) is 0.510. The molecule has 2 aromatic carbocycles. The molecule has 2 fully saturated rings. The van der Waals surface area contributed by atoms with Gasteiger partial charge in [-0.25, -0.2) is 18.0 Å². The molecule has 174 valence electrons. The van der Waals surface area contributed by atoms with Crippen LogP contribution in [0.15, 0.2) is 36.4 Å². The molecule has 1 aromatic heterocycles. The second-order valence-electron chi connectivity index (χ2n) is 9.12. The van der Waals surface area contributed by atoms with Gasteiger partial charge >= 0.3 is 6.03 Å². The van der Waals surface area contributed by atoms with Crippen molar-refractivity contribution >= 4 is 16.9 Å². The summed E-state index contributed by atoms with van der Waals surface area (Å²) in [5, 5.41) is 12.9. The number of likely N-dealkylation sites (tertiary alicyclic amines) is 1. The Balaban J connectivity index is 1.34. The van der Waals surface area contributed by atoms with Gasteiger partial charge in [0.1, 0.15) is 17.5 Å². The standard InChI is InChI=1S/C25H26F3N3O2/c26-17-5-3-15(4-6-17)23-22(20-10-18(27)11-21(28)24(20)30-23)16-8-14(9-16)12-29-25(33)31-7-1-2-19(31)13-32/h3-6,10-11,14,16,19,30,32H,1-2,7-9,12-13H2,(H,29,33)/t14?,16?,19-/m1/s1. The number of benzene rings is 2. The van der Waals surface area contributed by atoms with Crippen molar-refractivity contribution in [3.63, 3.8) is 0 Å². The molecule has 0 spiro atoms. The first-order chi connectivity index (χ1) is 15.9. The number of amides is 2. The van der Waals surface area contributed by atoms with Crippen LogP contribution in [0.4, 0.5) is 18.0 Å². The van der Waals surface area contributed by atoms with E-state index in [1.54, 1.807) is 17.0 Å². The molecule has 1 atom stereocenters. The molecule has 0 radical (unpaired) electrons. The number of hydrogen-bond donors (Lipinski definition) is 3. The average Bonchev–Trinajstić information content (AvgIpc) is 3.38. The van der Waals surface area contributed by atoms with Gasteiger partial charge in [0, 0.05) is 24.5 Å². The number of fused-ring (bicyclic) bond motifs is 1. The number of rotatable bonds is 5. The highest BCUT2D eigenvalue weighted by atomic mass is 19.1. The Labute approximate surface area is 189 Å². The van der Waals surface area contributed by atoms with Crippen LogP contribution in [0.2, 0.25) is 0 Å². The molecule has 1 saturated carbocycles. The molecule has 1 aliphatic heterocycles. The molecule has 0 unspecified atom stereocenters. The van der Waals surface area contributed by atoms with Crippen LogP contribution in [0.25, 0.3) is 22.2 Å². The first-order valence-corrected chi connectivity index (χ1v) is 11.4. The lowest BCUT2D eigenvalue weighted by atomic mass is 9.70. The summed E-state index contributed by atoms with van der Waals surface area (Å²) in [5.41, 5.74) is 2.46. The summed E-state index contributed by atoms with van der Waals surface area (Å²) in [5.74, 6) is -1.35. The van der Waals surface area contributed by atoms with Crippen LogP contribution in [0.3, 0.4) is 0 Å². The zero-order valence-corrected chi connectivity index (χ0v) is 18.1. The van der Waals surface area contributed by atoms with Crippen molar-refractivity contribution in [2.75, 3.05) is 19.7 Å². The smallest absolute Gasteiger partial charge is 0.317 e. The number of carbonyl (C=O) groups is 1. The summed E-state index contributed by atoms with van der Waals surface area (Å²) in [6.45, 7) is 1.14. The Morgan fingerprint density at radius 1 is 1.12 bits per heavy atom. The molecule has 3 aromatic rings. The summed E-state index contributed by atoms with van der Waals surface area (Å²) in [6.07, 6.45) is 3.24. The maximum absolute atomic E-state index is 14.5. The third-order valence-electron chi connectivity index (χ3n) is 7.03. The molecule has 2 heterocycles. The molecule has 33 heavy (non-hydrogen) atoms. The number of nitrogens with one attached hydrogen (secondary N) is 2.